The Hall–Kier alpha value is -2.15. The topological polar surface area (TPSA) is 98.0 Å². The summed E-state index contributed by atoms with van der Waals surface area (Å²) in [4.78, 5) is 7.31. The highest BCUT2D eigenvalue weighted by molar-refractivity contribution is 7.92. The molecule has 19 heavy (non-hydrogen) atoms. The van der Waals surface area contributed by atoms with Gasteiger partial charge < -0.3 is 5.73 Å². The third-order valence-corrected chi connectivity index (χ3v) is 3.88. The molecule has 0 bridgehead atoms. The Morgan fingerprint density at radius 3 is 2.58 bits per heavy atom. The molecule has 0 amide bonds. The molecule has 1 aromatic heterocycles. The highest BCUT2D eigenvalue weighted by Crippen LogP contribution is 2.16. The number of benzene rings is 1. The first-order valence-corrected chi connectivity index (χ1v) is 7.19. The minimum Gasteiger partial charge on any atom is -0.368 e. The summed E-state index contributed by atoms with van der Waals surface area (Å²) in [6, 6.07) is 7.21. The molecule has 0 aliphatic heterocycles. The van der Waals surface area contributed by atoms with Crippen molar-refractivity contribution in [3.63, 3.8) is 0 Å². The van der Waals surface area contributed by atoms with Crippen LogP contribution in [0.5, 0.6) is 0 Å². The summed E-state index contributed by atoms with van der Waals surface area (Å²) < 4.78 is 26.6. The molecular weight excluding hydrogens is 264 g/mol. The third-order valence-electron chi connectivity index (χ3n) is 2.55. The number of aromatic nitrogens is 2. The predicted molar refractivity (Wildman–Crippen MR) is 73.1 cm³/mol. The van der Waals surface area contributed by atoms with Crippen molar-refractivity contribution in [3.05, 3.63) is 42.2 Å². The monoisotopic (exact) mass is 278 g/mol. The van der Waals surface area contributed by atoms with Crippen LogP contribution in [0.15, 0.2) is 41.6 Å². The van der Waals surface area contributed by atoms with Crippen LogP contribution in [0.1, 0.15) is 12.5 Å². The van der Waals surface area contributed by atoms with Gasteiger partial charge in [0.1, 0.15) is 4.90 Å². The number of nitrogen functional groups attached to an aromatic ring is 1. The van der Waals surface area contributed by atoms with Gasteiger partial charge in [0.15, 0.2) is 0 Å². The van der Waals surface area contributed by atoms with Gasteiger partial charge in [-0.05, 0) is 24.1 Å². The maximum atomic E-state index is 12.1. The van der Waals surface area contributed by atoms with E-state index in [0.29, 0.717) is 5.69 Å². The maximum absolute atomic E-state index is 12.1. The quantitative estimate of drug-likeness (QED) is 0.881. The van der Waals surface area contributed by atoms with Crippen molar-refractivity contribution in [2.24, 2.45) is 0 Å². The molecule has 100 valence electrons. The molecule has 0 radical (unpaired) electrons. The van der Waals surface area contributed by atoms with Crippen LogP contribution < -0.4 is 10.5 Å². The molecule has 2 aromatic rings. The molecule has 3 N–H and O–H groups in total. The second-order valence-corrected chi connectivity index (χ2v) is 5.62. The number of nitrogens with zero attached hydrogens (tertiary/aromatic N) is 2. The van der Waals surface area contributed by atoms with E-state index in [1.165, 1.54) is 12.4 Å². The zero-order valence-corrected chi connectivity index (χ0v) is 11.2. The fourth-order valence-electron chi connectivity index (χ4n) is 1.53. The zero-order chi connectivity index (χ0) is 13.9. The van der Waals surface area contributed by atoms with E-state index in [2.05, 4.69) is 14.7 Å². The first-order chi connectivity index (χ1) is 9.01. The Bertz CT molecular complexity index is 668. The van der Waals surface area contributed by atoms with Crippen LogP contribution in [0.4, 0.5) is 11.6 Å². The molecule has 1 heterocycles. The van der Waals surface area contributed by atoms with Gasteiger partial charge in [-0.3, -0.25) is 4.72 Å². The van der Waals surface area contributed by atoms with E-state index in [1.54, 1.807) is 18.2 Å². The lowest BCUT2D eigenvalue weighted by Crippen LogP contribution is -2.14. The number of anilines is 2. The molecule has 7 heteroatoms. The molecule has 0 saturated carbocycles. The van der Waals surface area contributed by atoms with Crippen LogP contribution in [0.2, 0.25) is 0 Å². The van der Waals surface area contributed by atoms with Crippen molar-refractivity contribution >= 4 is 21.7 Å². The second kappa shape index (κ2) is 5.23. The van der Waals surface area contributed by atoms with Gasteiger partial charge in [-0.1, -0.05) is 19.1 Å². The van der Waals surface area contributed by atoms with Crippen LogP contribution >= 0.6 is 0 Å². The molecule has 1 aromatic carbocycles. The molecule has 0 saturated heterocycles. The molecule has 0 unspecified atom stereocenters. The highest BCUT2D eigenvalue weighted by Gasteiger charge is 2.15. The smallest absolute Gasteiger partial charge is 0.264 e. The fraction of sp³-hybridized carbons (Fsp3) is 0.167. The molecule has 0 fully saturated rings. The maximum Gasteiger partial charge on any atom is 0.264 e. The normalized spacial score (nSPS) is 11.2. The lowest BCUT2D eigenvalue weighted by Gasteiger charge is -2.08. The van der Waals surface area contributed by atoms with Crippen molar-refractivity contribution in [1.82, 2.24) is 9.97 Å². The minimum absolute atomic E-state index is 0.0244. The van der Waals surface area contributed by atoms with Crippen LogP contribution in [-0.2, 0) is 16.4 Å². The summed E-state index contributed by atoms with van der Waals surface area (Å²) in [5.74, 6) is 0.0342. The van der Waals surface area contributed by atoms with Crippen LogP contribution in [0.25, 0.3) is 0 Å². The first kappa shape index (κ1) is 13.3. The second-order valence-electron chi connectivity index (χ2n) is 3.94. The molecule has 2 rings (SSSR count). The number of nitrogens with two attached hydrogens (primary N) is 1. The van der Waals surface area contributed by atoms with Gasteiger partial charge in [-0.25, -0.2) is 18.4 Å². The van der Waals surface area contributed by atoms with E-state index in [1.807, 2.05) is 13.0 Å². The highest BCUT2D eigenvalue weighted by atomic mass is 32.2. The Morgan fingerprint density at radius 2 is 1.95 bits per heavy atom. The van der Waals surface area contributed by atoms with Gasteiger partial charge in [0, 0.05) is 5.69 Å². The van der Waals surface area contributed by atoms with E-state index >= 15 is 0 Å². The SMILES string of the molecule is CCc1cccc(NS(=O)(=O)c2cnc(N)nc2)c1. The van der Waals surface area contributed by atoms with Crippen molar-refractivity contribution < 1.29 is 8.42 Å². The molecule has 0 spiro atoms. The Morgan fingerprint density at radius 1 is 1.26 bits per heavy atom. The van der Waals surface area contributed by atoms with E-state index in [4.69, 9.17) is 5.73 Å². The summed E-state index contributed by atoms with van der Waals surface area (Å²) in [5, 5.41) is 0. The summed E-state index contributed by atoms with van der Waals surface area (Å²) >= 11 is 0. The fourth-order valence-corrected chi connectivity index (χ4v) is 2.47. The lowest BCUT2D eigenvalue weighted by atomic mass is 10.1. The third kappa shape index (κ3) is 3.19. The number of sulfonamides is 1. The molecule has 0 atom stereocenters. The van der Waals surface area contributed by atoms with Gasteiger partial charge in [0.25, 0.3) is 10.0 Å². The Labute approximate surface area is 111 Å². The largest absolute Gasteiger partial charge is 0.368 e. The van der Waals surface area contributed by atoms with Crippen molar-refractivity contribution in [2.75, 3.05) is 10.5 Å². The average Bonchev–Trinajstić information content (AvgIpc) is 2.39. The molecule has 0 aliphatic carbocycles. The first-order valence-electron chi connectivity index (χ1n) is 5.70. The van der Waals surface area contributed by atoms with Gasteiger partial charge >= 0.3 is 0 Å². The van der Waals surface area contributed by atoms with Gasteiger partial charge in [0.05, 0.1) is 12.4 Å². The number of rotatable bonds is 4. The summed E-state index contributed by atoms with van der Waals surface area (Å²) in [6.45, 7) is 2.00. The minimum atomic E-state index is -3.69. The van der Waals surface area contributed by atoms with Gasteiger partial charge in [-0.15, -0.1) is 0 Å². The summed E-state index contributed by atoms with van der Waals surface area (Å²) in [6.07, 6.45) is 3.18. The van der Waals surface area contributed by atoms with E-state index in [-0.39, 0.29) is 10.8 Å². The van der Waals surface area contributed by atoms with Crippen molar-refractivity contribution in [3.8, 4) is 0 Å². The Kier molecular flexibility index (Phi) is 3.66. The van der Waals surface area contributed by atoms with E-state index in [9.17, 15) is 8.42 Å². The lowest BCUT2D eigenvalue weighted by molar-refractivity contribution is 0.600. The van der Waals surface area contributed by atoms with Crippen LogP contribution in [0.3, 0.4) is 0 Å². The van der Waals surface area contributed by atoms with Crippen LogP contribution in [0, 0.1) is 0 Å². The molecule has 0 aliphatic rings. The van der Waals surface area contributed by atoms with Gasteiger partial charge in [0.2, 0.25) is 5.95 Å². The van der Waals surface area contributed by atoms with Gasteiger partial charge in [-0.2, -0.15) is 0 Å². The van der Waals surface area contributed by atoms with Crippen molar-refractivity contribution in [2.45, 2.75) is 18.2 Å². The van der Waals surface area contributed by atoms with E-state index in [0.717, 1.165) is 12.0 Å². The van der Waals surface area contributed by atoms with Crippen molar-refractivity contribution in [1.29, 1.82) is 0 Å². The number of nitrogens with one attached hydrogen (secondary N) is 1. The Balaban J connectivity index is 2.28. The number of hydrogen-bond donors (Lipinski definition) is 2. The predicted octanol–water partition coefficient (Wildman–Crippen LogP) is 1.42. The molecule has 6 nitrogen and oxygen atoms in total. The zero-order valence-electron chi connectivity index (χ0n) is 10.4. The average molecular weight is 278 g/mol. The summed E-state index contributed by atoms with van der Waals surface area (Å²) in [7, 11) is -3.69. The molecular formula is C12H14N4O2S. The van der Waals surface area contributed by atoms with E-state index < -0.39 is 10.0 Å². The summed E-state index contributed by atoms with van der Waals surface area (Å²) in [5.41, 5.74) is 6.88. The number of hydrogen-bond acceptors (Lipinski definition) is 5. The standard InChI is InChI=1S/C12H14N4O2S/c1-2-9-4-3-5-10(6-9)16-19(17,18)11-7-14-12(13)15-8-11/h3-8,16H,2H2,1H3,(H2,13,14,15). The number of aryl methyl sites for hydroxylation is 1. The van der Waals surface area contributed by atoms with Crippen LogP contribution in [-0.4, -0.2) is 18.4 Å².